The molecular formula is C15H21BrN2O2. The molecule has 2 unspecified atom stereocenters. The van der Waals surface area contributed by atoms with Crippen molar-refractivity contribution in [2.75, 3.05) is 13.2 Å². The predicted octanol–water partition coefficient (Wildman–Crippen LogP) is 2.78. The zero-order valence-electron chi connectivity index (χ0n) is 11.9. The largest absolute Gasteiger partial charge is 0.493 e. The van der Waals surface area contributed by atoms with Crippen LogP contribution in [0.3, 0.4) is 0 Å². The van der Waals surface area contributed by atoms with Crippen molar-refractivity contribution in [3.63, 3.8) is 0 Å². The number of hydrogen-bond donors (Lipinski definition) is 2. The number of likely N-dealkylation sites (N-methyl/N-ethyl adjacent to an activating group) is 1. The monoisotopic (exact) mass is 340 g/mol. The number of nitrogens with one attached hydrogen (secondary N) is 2. The quantitative estimate of drug-likeness (QED) is 0.885. The molecule has 110 valence electrons. The lowest BCUT2D eigenvalue weighted by Gasteiger charge is -2.22. The van der Waals surface area contributed by atoms with E-state index in [9.17, 15) is 4.79 Å². The molecule has 2 rings (SSSR count). The fourth-order valence-corrected chi connectivity index (χ4v) is 2.76. The minimum absolute atomic E-state index is 0.0383. The Morgan fingerprint density at radius 3 is 3.10 bits per heavy atom. The molecule has 0 radical (unpaired) electrons. The average molecular weight is 341 g/mol. The maximum Gasteiger partial charge on any atom is 0.236 e. The highest BCUT2D eigenvalue weighted by atomic mass is 79.9. The molecule has 0 aliphatic carbocycles. The summed E-state index contributed by atoms with van der Waals surface area (Å²) in [5, 5.41) is 6.26. The summed E-state index contributed by atoms with van der Waals surface area (Å²) in [4.78, 5) is 11.9. The van der Waals surface area contributed by atoms with E-state index < -0.39 is 0 Å². The number of halogens is 1. The van der Waals surface area contributed by atoms with Crippen molar-refractivity contribution in [3.05, 3.63) is 28.2 Å². The fraction of sp³-hybridized carbons (Fsp3) is 0.533. The minimum atomic E-state index is -0.213. The molecular weight excluding hydrogens is 320 g/mol. The maximum atomic E-state index is 11.9. The first kappa shape index (κ1) is 15.3. The highest BCUT2D eigenvalue weighted by Gasteiger charge is 2.23. The van der Waals surface area contributed by atoms with Gasteiger partial charge in [-0.25, -0.2) is 0 Å². The van der Waals surface area contributed by atoms with Gasteiger partial charge in [0, 0.05) is 22.6 Å². The van der Waals surface area contributed by atoms with Gasteiger partial charge >= 0.3 is 0 Å². The molecule has 0 fully saturated rings. The normalized spacial score (nSPS) is 19.4. The predicted molar refractivity (Wildman–Crippen MR) is 82.9 cm³/mol. The number of hydrogen-bond acceptors (Lipinski definition) is 3. The van der Waals surface area contributed by atoms with Crippen LogP contribution in [-0.2, 0) is 4.79 Å². The number of rotatable bonds is 4. The number of amides is 1. The van der Waals surface area contributed by atoms with Gasteiger partial charge in [0.1, 0.15) is 5.75 Å². The lowest BCUT2D eigenvalue weighted by atomic mass is 10.0. The van der Waals surface area contributed by atoms with Gasteiger partial charge in [0.15, 0.2) is 0 Å². The van der Waals surface area contributed by atoms with E-state index in [1.807, 2.05) is 26.0 Å². The zero-order valence-corrected chi connectivity index (χ0v) is 13.5. The highest BCUT2D eigenvalue weighted by molar-refractivity contribution is 9.10. The van der Waals surface area contributed by atoms with Crippen LogP contribution < -0.4 is 15.4 Å². The standard InChI is InChI=1S/C15H21BrN2O2/c1-3-17-15(19)10(2)18-13-5-4-8-20-14-9-11(16)6-7-12(13)14/h6-7,9-10,13,18H,3-5,8H2,1-2H3,(H,17,19). The van der Waals surface area contributed by atoms with E-state index in [1.165, 1.54) is 0 Å². The molecule has 1 aliphatic heterocycles. The van der Waals surface area contributed by atoms with E-state index in [0.29, 0.717) is 6.54 Å². The second kappa shape index (κ2) is 7.09. The Bertz CT molecular complexity index is 479. The third-order valence-corrected chi connectivity index (χ3v) is 3.93. The molecule has 1 heterocycles. The maximum absolute atomic E-state index is 11.9. The van der Waals surface area contributed by atoms with Gasteiger partial charge in [-0.3, -0.25) is 10.1 Å². The lowest BCUT2D eigenvalue weighted by Crippen LogP contribution is -2.43. The van der Waals surface area contributed by atoms with Gasteiger partial charge in [-0.05, 0) is 38.8 Å². The molecule has 20 heavy (non-hydrogen) atoms. The van der Waals surface area contributed by atoms with Crippen LogP contribution in [0, 0.1) is 0 Å². The molecule has 2 atom stereocenters. The van der Waals surface area contributed by atoms with Crippen molar-refractivity contribution in [2.45, 2.75) is 38.8 Å². The van der Waals surface area contributed by atoms with E-state index in [4.69, 9.17) is 4.74 Å². The minimum Gasteiger partial charge on any atom is -0.493 e. The Balaban J connectivity index is 2.14. The van der Waals surface area contributed by atoms with Crippen LogP contribution in [0.25, 0.3) is 0 Å². The van der Waals surface area contributed by atoms with Crippen LogP contribution in [0.2, 0.25) is 0 Å². The lowest BCUT2D eigenvalue weighted by molar-refractivity contribution is -0.122. The molecule has 0 saturated carbocycles. The molecule has 1 aliphatic rings. The molecule has 4 nitrogen and oxygen atoms in total. The van der Waals surface area contributed by atoms with Crippen molar-refractivity contribution in [1.29, 1.82) is 0 Å². The Kier molecular flexibility index (Phi) is 5.43. The van der Waals surface area contributed by atoms with E-state index in [-0.39, 0.29) is 18.0 Å². The second-order valence-electron chi connectivity index (χ2n) is 5.01. The van der Waals surface area contributed by atoms with Crippen molar-refractivity contribution in [3.8, 4) is 5.75 Å². The van der Waals surface area contributed by atoms with Crippen molar-refractivity contribution in [1.82, 2.24) is 10.6 Å². The van der Waals surface area contributed by atoms with Gasteiger partial charge in [0.05, 0.1) is 12.6 Å². The Morgan fingerprint density at radius 1 is 1.55 bits per heavy atom. The van der Waals surface area contributed by atoms with Gasteiger partial charge < -0.3 is 10.1 Å². The van der Waals surface area contributed by atoms with Gasteiger partial charge in [0.2, 0.25) is 5.91 Å². The summed E-state index contributed by atoms with van der Waals surface area (Å²) in [7, 11) is 0. The summed E-state index contributed by atoms with van der Waals surface area (Å²) >= 11 is 3.47. The van der Waals surface area contributed by atoms with Crippen LogP contribution in [0.1, 0.15) is 38.3 Å². The number of benzene rings is 1. The van der Waals surface area contributed by atoms with Crippen molar-refractivity contribution in [2.24, 2.45) is 0 Å². The van der Waals surface area contributed by atoms with Crippen LogP contribution in [0.15, 0.2) is 22.7 Å². The first-order chi connectivity index (χ1) is 9.61. The summed E-state index contributed by atoms with van der Waals surface area (Å²) in [6.45, 7) is 5.20. The first-order valence-corrected chi connectivity index (χ1v) is 7.87. The van der Waals surface area contributed by atoms with E-state index in [2.05, 4.69) is 32.6 Å². The van der Waals surface area contributed by atoms with Crippen LogP contribution in [0.4, 0.5) is 0 Å². The van der Waals surface area contributed by atoms with Gasteiger partial charge in [-0.15, -0.1) is 0 Å². The van der Waals surface area contributed by atoms with E-state index in [0.717, 1.165) is 35.2 Å². The summed E-state index contributed by atoms with van der Waals surface area (Å²) in [6, 6.07) is 6.01. The Hall–Kier alpha value is -1.07. The highest BCUT2D eigenvalue weighted by Crippen LogP contribution is 2.33. The molecule has 0 saturated heterocycles. The Morgan fingerprint density at radius 2 is 2.35 bits per heavy atom. The van der Waals surface area contributed by atoms with Gasteiger partial charge in [-0.2, -0.15) is 0 Å². The molecule has 5 heteroatoms. The van der Waals surface area contributed by atoms with Gasteiger partial charge in [0.25, 0.3) is 0 Å². The first-order valence-electron chi connectivity index (χ1n) is 7.07. The SMILES string of the molecule is CCNC(=O)C(C)NC1CCCOc2cc(Br)ccc21. The van der Waals surface area contributed by atoms with Crippen LogP contribution in [0.5, 0.6) is 5.75 Å². The van der Waals surface area contributed by atoms with Gasteiger partial charge in [-0.1, -0.05) is 22.0 Å². The van der Waals surface area contributed by atoms with Crippen molar-refractivity contribution >= 4 is 21.8 Å². The average Bonchev–Trinajstić information content (AvgIpc) is 2.61. The molecule has 1 amide bonds. The molecule has 0 bridgehead atoms. The summed E-state index contributed by atoms with van der Waals surface area (Å²) < 4.78 is 6.79. The van der Waals surface area contributed by atoms with Crippen molar-refractivity contribution < 1.29 is 9.53 Å². The number of fused-ring (bicyclic) bond motifs is 1. The summed E-state index contributed by atoms with van der Waals surface area (Å²) in [5.41, 5.74) is 1.13. The second-order valence-corrected chi connectivity index (χ2v) is 5.92. The zero-order chi connectivity index (χ0) is 14.5. The third-order valence-electron chi connectivity index (χ3n) is 3.44. The molecule has 0 spiro atoms. The number of carbonyl (C=O) groups is 1. The third kappa shape index (κ3) is 3.73. The summed E-state index contributed by atoms with van der Waals surface area (Å²) in [6.07, 6.45) is 1.95. The fourth-order valence-electron chi connectivity index (χ4n) is 2.42. The summed E-state index contributed by atoms with van der Waals surface area (Å²) in [5.74, 6) is 0.939. The molecule has 0 aromatic heterocycles. The van der Waals surface area contributed by atoms with E-state index >= 15 is 0 Å². The topological polar surface area (TPSA) is 50.4 Å². The Labute approximate surface area is 128 Å². The van der Waals surface area contributed by atoms with Crippen LogP contribution >= 0.6 is 15.9 Å². The number of carbonyl (C=O) groups excluding carboxylic acids is 1. The molecule has 2 N–H and O–H groups in total. The smallest absolute Gasteiger partial charge is 0.236 e. The molecule has 1 aromatic rings. The molecule has 1 aromatic carbocycles. The number of ether oxygens (including phenoxy) is 1. The van der Waals surface area contributed by atoms with Crippen LogP contribution in [-0.4, -0.2) is 25.1 Å². The van der Waals surface area contributed by atoms with E-state index in [1.54, 1.807) is 0 Å².